The first-order chi connectivity index (χ1) is 10.1. The Hall–Kier alpha value is -1.60. The Morgan fingerprint density at radius 3 is 2.86 bits per heavy atom. The molecule has 0 bridgehead atoms. The minimum atomic E-state index is -0.926. The molecule has 5 nitrogen and oxygen atoms in total. The lowest BCUT2D eigenvalue weighted by atomic mass is 10.2. The predicted octanol–water partition coefficient (Wildman–Crippen LogP) is 3.25. The van der Waals surface area contributed by atoms with E-state index in [9.17, 15) is 9.18 Å². The van der Waals surface area contributed by atoms with E-state index >= 15 is 0 Å². The van der Waals surface area contributed by atoms with Crippen molar-refractivity contribution < 1.29 is 14.3 Å². The smallest absolute Gasteiger partial charge is 0.313 e. The van der Waals surface area contributed by atoms with Gasteiger partial charge in [-0.3, -0.25) is 9.36 Å². The summed E-state index contributed by atoms with van der Waals surface area (Å²) in [7, 11) is 0. The Balaban J connectivity index is 2.00. The van der Waals surface area contributed by atoms with Crippen LogP contribution in [0.5, 0.6) is 0 Å². The number of halogens is 2. The summed E-state index contributed by atoms with van der Waals surface area (Å²) in [6.45, 7) is 0. The van der Waals surface area contributed by atoms with Crippen LogP contribution in [0.3, 0.4) is 0 Å². The van der Waals surface area contributed by atoms with E-state index in [1.165, 1.54) is 6.07 Å². The van der Waals surface area contributed by atoms with Crippen LogP contribution in [-0.4, -0.2) is 31.6 Å². The number of aliphatic carboxylic acids is 1. The van der Waals surface area contributed by atoms with Crippen LogP contribution in [0, 0.1) is 5.82 Å². The first-order valence-corrected chi connectivity index (χ1v) is 7.67. The highest BCUT2D eigenvalue weighted by Crippen LogP contribution is 2.41. The molecule has 1 aromatic heterocycles. The van der Waals surface area contributed by atoms with E-state index in [2.05, 4.69) is 10.2 Å². The van der Waals surface area contributed by atoms with E-state index in [0.29, 0.717) is 21.6 Å². The van der Waals surface area contributed by atoms with E-state index < -0.39 is 11.8 Å². The van der Waals surface area contributed by atoms with Crippen LogP contribution in [0.2, 0.25) is 5.02 Å². The molecule has 1 heterocycles. The third kappa shape index (κ3) is 3.03. The van der Waals surface area contributed by atoms with Crippen molar-refractivity contribution in [2.45, 2.75) is 24.0 Å². The molecule has 1 saturated carbocycles. The molecule has 1 aliphatic carbocycles. The number of carboxylic acids is 1. The van der Waals surface area contributed by atoms with Gasteiger partial charge in [-0.15, -0.1) is 10.2 Å². The highest BCUT2D eigenvalue weighted by atomic mass is 35.5. The third-order valence-electron chi connectivity index (χ3n) is 3.07. The summed E-state index contributed by atoms with van der Waals surface area (Å²) in [6.07, 6.45) is 1.92. The van der Waals surface area contributed by atoms with Gasteiger partial charge in [0, 0.05) is 11.1 Å². The molecule has 8 heteroatoms. The molecule has 110 valence electrons. The summed E-state index contributed by atoms with van der Waals surface area (Å²) in [5, 5.41) is 17.6. The minimum Gasteiger partial charge on any atom is -0.481 e. The van der Waals surface area contributed by atoms with E-state index in [1.807, 2.05) is 4.57 Å². The van der Waals surface area contributed by atoms with Crippen molar-refractivity contribution in [1.82, 2.24) is 14.8 Å². The van der Waals surface area contributed by atoms with Crippen LogP contribution in [0.4, 0.5) is 4.39 Å². The van der Waals surface area contributed by atoms with E-state index in [-0.39, 0.29) is 11.8 Å². The molecule has 1 aliphatic rings. The second-order valence-corrected chi connectivity index (χ2v) is 6.09. The molecule has 0 atom stereocenters. The van der Waals surface area contributed by atoms with E-state index in [4.69, 9.17) is 16.7 Å². The first-order valence-electron chi connectivity index (χ1n) is 6.31. The number of thioether (sulfide) groups is 1. The number of nitrogens with zero attached hydrogens (tertiary/aromatic N) is 3. The number of hydrogen-bond acceptors (Lipinski definition) is 4. The average Bonchev–Trinajstić information content (AvgIpc) is 3.17. The van der Waals surface area contributed by atoms with Gasteiger partial charge in [0.05, 0.1) is 11.3 Å². The van der Waals surface area contributed by atoms with Crippen molar-refractivity contribution in [3.63, 3.8) is 0 Å². The number of carboxylic acid groups (broad SMARTS) is 1. The van der Waals surface area contributed by atoms with E-state index in [0.717, 1.165) is 24.6 Å². The number of benzene rings is 1. The van der Waals surface area contributed by atoms with Gasteiger partial charge in [0.1, 0.15) is 5.82 Å². The summed E-state index contributed by atoms with van der Waals surface area (Å²) in [5.41, 5.74) is 0.320. The summed E-state index contributed by atoms with van der Waals surface area (Å²) in [4.78, 5) is 10.7. The van der Waals surface area contributed by atoms with Crippen molar-refractivity contribution in [2.24, 2.45) is 0 Å². The number of aromatic nitrogens is 3. The van der Waals surface area contributed by atoms with Crippen molar-refractivity contribution >= 4 is 29.3 Å². The van der Waals surface area contributed by atoms with Crippen molar-refractivity contribution in [3.8, 4) is 11.4 Å². The Kier molecular flexibility index (Phi) is 3.86. The molecule has 1 aromatic carbocycles. The number of rotatable bonds is 5. The highest BCUT2D eigenvalue weighted by molar-refractivity contribution is 7.99. The van der Waals surface area contributed by atoms with E-state index in [1.54, 1.807) is 12.1 Å². The molecule has 21 heavy (non-hydrogen) atoms. The first kappa shape index (κ1) is 14.3. The Bertz CT molecular complexity index is 703. The van der Waals surface area contributed by atoms with Gasteiger partial charge in [-0.25, -0.2) is 4.39 Å². The quantitative estimate of drug-likeness (QED) is 0.854. The highest BCUT2D eigenvalue weighted by Gasteiger charge is 2.31. The zero-order chi connectivity index (χ0) is 15.0. The maximum Gasteiger partial charge on any atom is 0.313 e. The molecule has 0 aliphatic heterocycles. The fourth-order valence-corrected chi connectivity index (χ4v) is 2.90. The fraction of sp³-hybridized carbons (Fsp3) is 0.308. The summed E-state index contributed by atoms with van der Waals surface area (Å²) in [6, 6.07) is 4.59. The lowest BCUT2D eigenvalue weighted by Gasteiger charge is -2.09. The second-order valence-electron chi connectivity index (χ2n) is 4.71. The lowest BCUT2D eigenvalue weighted by molar-refractivity contribution is -0.133. The van der Waals surface area contributed by atoms with Gasteiger partial charge in [-0.05, 0) is 31.0 Å². The molecular formula is C13H11ClFN3O2S. The van der Waals surface area contributed by atoms with Gasteiger partial charge < -0.3 is 5.11 Å². The summed E-state index contributed by atoms with van der Waals surface area (Å²) >= 11 is 6.85. The minimum absolute atomic E-state index is 0.103. The van der Waals surface area contributed by atoms with Gasteiger partial charge >= 0.3 is 5.97 Å². The van der Waals surface area contributed by atoms with Gasteiger partial charge in [0.25, 0.3) is 0 Å². The molecule has 0 saturated heterocycles. The molecular weight excluding hydrogens is 317 g/mol. The Labute approximate surface area is 129 Å². The molecule has 1 N–H and O–H groups in total. The second kappa shape index (κ2) is 5.65. The topological polar surface area (TPSA) is 68.0 Å². The maximum atomic E-state index is 14.1. The zero-order valence-corrected chi connectivity index (χ0v) is 12.4. The molecule has 3 rings (SSSR count). The van der Waals surface area contributed by atoms with Gasteiger partial charge in [-0.2, -0.15) is 0 Å². The third-order valence-corrected chi connectivity index (χ3v) is 4.24. The van der Waals surface area contributed by atoms with Crippen LogP contribution >= 0.6 is 23.4 Å². The van der Waals surface area contributed by atoms with Crippen molar-refractivity contribution in [3.05, 3.63) is 29.0 Å². The molecule has 1 fully saturated rings. The largest absolute Gasteiger partial charge is 0.481 e. The van der Waals surface area contributed by atoms with Crippen LogP contribution < -0.4 is 0 Å². The van der Waals surface area contributed by atoms with Crippen LogP contribution in [0.25, 0.3) is 11.4 Å². The molecule has 0 spiro atoms. The SMILES string of the molecule is O=C(O)CSc1nnc(-c2ccc(Cl)cc2F)n1C1CC1. The normalized spacial score (nSPS) is 14.4. The number of hydrogen-bond donors (Lipinski definition) is 1. The molecule has 2 aromatic rings. The zero-order valence-electron chi connectivity index (χ0n) is 10.8. The average molecular weight is 328 g/mol. The summed E-state index contributed by atoms with van der Waals surface area (Å²) in [5.74, 6) is -1.08. The maximum absolute atomic E-state index is 14.1. The van der Waals surface area contributed by atoms with Crippen LogP contribution in [0.1, 0.15) is 18.9 Å². The van der Waals surface area contributed by atoms with Crippen LogP contribution in [-0.2, 0) is 4.79 Å². The monoisotopic (exact) mass is 327 g/mol. The standard InChI is InChI=1S/C13H11ClFN3O2S/c14-7-1-4-9(10(15)5-7)12-16-17-13(21-6-11(19)20)18(12)8-2-3-8/h1,4-5,8H,2-3,6H2,(H,19,20). The van der Waals surface area contributed by atoms with Crippen molar-refractivity contribution in [1.29, 1.82) is 0 Å². The number of carbonyl (C=O) groups is 1. The summed E-state index contributed by atoms with van der Waals surface area (Å²) < 4.78 is 15.9. The Morgan fingerprint density at radius 2 is 2.24 bits per heavy atom. The van der Waals surface area contributed by atoms with Gasteiger partial charge in [-0.1, -0.05) is 23.4 Å². The van der Waals surface area contributed by atoms with Crippen LogP contribution in [0.15, 0.2) is 23.4 Å². The molecule has 0 amide bonds. The van der Waals surface area contributed by atoms with Crippen molar-refractivity contribution in [2.75, 3.05) is 5.75 Å². The lowest BCUT2D eigenvalue weighted by Crippen LogP contribution is -2.03. The van der Waals surface area contributed by atoms with Gasteiger partial charge in [0.2, 0.25) is 0 Å². The molecule has 0 unspecified atom stereocenters. The van der Waals surface area contributed by atoms with Gasteiger partial charge in [0.15, 0.2) is 11.0 Å². The predicted molar refractivity (Wildman–Crippen MR) is 77.1 cm³/mol. The molecule has 0 radical (unpaired) electrons. The Morgan fingerprint density at radius 1 is 1.48 bits per heavy atom. The fourth-order valence-electron chi connectivity index (χ4n) is 2.02.